The number of nitrogens with two attached hydrogens (primary N) is 1. The molecule has 20 heavy (non-hydrogen) atoms. The molecular formula is C16H26N2OS. The molecule has 1 aromatic rings. The molecule has 1 rings (SSSR count). The van der Waals surface area contributed by atoms with Crippen LogP contribution in [0.25, 0.3) is 0 Å². The van der Waals surface area contributed by atoms with Gasteiger partial charge in [-0.2, -0.15) is 11.8 Å². The fourth-order valence-corrected chi connectivity index (χ4v) is 2.73. The number of thioether (sulfide) groups is 1. The van der Waals surface area contributed by atoms with Gasteiger partial charge in [-0.3, -0.25) is 4.79 Å². The molecule has 0 spiro atoms. The molecule has 0 aliphatic rings. The zero-order chi connectivity index (χ0) is 14.8. The predicted octanol–water partition coefficient (Wildman–Crippen LogP) is 2.59. The predicted molar refractivity (Wildman–Crippen MR) is 88.0 cm³/mol. The summed E-state index contributed by atoms with van der Waals surface area (Å²) in [5, 5.41) is 3.00. The molecule has 0 aliphatic carbocycles. The lowest BCUT2D eigenvalue weighted by atomic mass is 10.1. The minimum atomic E-state index is -0.420. The molecule has 0 radical (unpaired) electrons. The van der Waals surface area contributed by atoms with Gasteiger partial charge in [-0.05, 0) is 43.3 Å². The van der Waals surface area contributed by atoms with Crippen molar-refractivity contribution in [2.24, 2.45) is 5.73 Å². The Bertz CT molecular complexity index is 383. The molecule has 0 aromatic heterocycles. The van der Waals surface area contributed by atoms with Crippen molar-refractivity contribution in [1.82, 2.24) is 5.32 Å². The van der Waals surface area contributed by atoms with Crippen LogP contribution >= 0.6 is 11.8 Å². The van der Waals surface area contributed by atoms with E-state index < -0.39 is 6.04 Å². The van der Waals surface area contributed by atoms with Crippen LogP contribution in [0.4, 0.5) is 0 Å². The Balaban J connectivity index is 2.25. The summed E-state index contributed by atoms with van der Waals surface area (Å²) in [5.41, 5.74) is 7.18. The fraction of sp³-hybridized carbons (Fsp3) is 0.562. The van der Waals surface area contributed by atoms with E-state index in [4.69, 9.17) is 5.73 Å². The van der Waals surface area contributed by atoms with Crippen molar-refractivity contribution in [2.45, 2.75) is 45.2 Å². The van der Waals surface area contributed by atoms with Crippen molar-refractivity contribution >= 4 is 17.7 Å². The third-order valence-electron chi connectivity index (χ3n) is 3.21. The number of hydrogen-bond donors (Lipinski definition) is 2. The lowest BCUT2D eigenvalue weighted by molar-refractivity contribution is -0.123. The summed E-state index contributed by atoms with van der Waals surface area (Å²) in [6.07, 6.45) is 2.53. The molecule has 1 aromatic carbocycles. The van der Waals surface area contributed by atoms with Crippen LogP contribution in [-0.4, -0.2) is 29.5 Å². The lowest BCUT2D eigenvalue weighted by Crippen LogP contribution is -2.44. The summed E-state index contributed by atoms with van der Waals surface area (Å²) in [7, 11) is 0. The van der Waals surface area contributed by atoms with Crippen LogP contribution in [0, 0.1) is 0 Å². The second-order valence-electron chi connectivity index (χ2n) is 5.03. The first-order valence-electron chi connectivity index (χ1n) is 7.31. The van der Waals surface area contributed by atoms with Gasteiger partial charge < -0.3 is 11.1 Å². The van der Waals surface area contributed by atoms with Crippen LogP contribution in [0.2, 0.25) is 0 Å². The van der Waals surface area contributed by atoms with Crippen molar-refractivity contribution in [3.05, 3.63) is 35.9 Å². The zero-order valence-electron chi connectivity index (χ0n) is 12.5. The van der Waals surface area contributed by atoms with E-state index in [0.29, 0.717) is 6.42 Å². The Morgan fingerprint density at radius 1 is 1.30 bits per heavy atom. The van der Waals surface area contributed by atoms with E-state index in [-0.39, 0.29) is 11.9 Å². The van der Waals surface area contributed by atoms with Crippen molar-refractivity contribution in [1.29, 1.82) is 0 Å². The number of rotatable bonds is 9. The van der Waals surface area contributed by atoms with Crippen LogP contribution in [0.5, 0.6) is 0 Å². The highest BCUT2D eigenvalue weighted by molar-refractivity contribution is 7.99. The summed E-state index contributed by atoms with van der Waals surface area (Å²) >= 11 is 1.90. The van der Waals surface area contributed by atoms with Crippen LogP contribution < -0.4 is 11.1 Å². The minimum Gasteiger partial charge on any atom is -0.352 e. The van der Waals surface area contributed by atoms with E-state index in [1.807, 2.05) is 36.9 Å². The van der Waals surface area contributed by atoms with Crippen LogP contribution in [0.1, 0.15) is 32.3 Å². The maximum absolute atomic E-state index is 12.0. The first-order chi connectivity index (χ1) is 9.63. The van der Waals surface area contributed by atoms with Crippen molar-refractivity contribution in [3.63, 3.8) is 0 Å². The SMILES string of the molecule is CCSCCC(C)NC(=O)[C@@H](N)CCc1ccccc1. The Hall–Kier alpha value is -1.00. The lowest BCUT2D eigenvalue weighted by Gasteiger charge is -2.17. The van der Waals surface area contributed by atoms with Crippen molar-refractivity contribution < 1.29 is 4.79 Å². The third kappa shape index (κ3) is 6.96. The molecule has 3 nitrogen and oxygen atoms in total. The number of benzene rings is 1. The third-order valence-corrected chi connectivity index (χ3v) is 4.14. The maximum atomic E-state index is 12.0. The van der Waals surface area contributed by atoms with E-state index in [9.17, 15) is 4.79 Å². The molecule has 0 bridgehead atoms. The average Bonchev–Trinajstić information content (AvgIpc) is 2.46. The van der Waals surface area contributed by atoms with Gasteiger partial charge >= 0.3 is 0 Å². The Labute approximate surface area is 126 Å². The molecule has 112 valence electrons. The molecule has 1 amide bonds. The van der Waals surface area contributed by atoms with Crippen LogP contribution in [-0.2, 0) is 11.2 Å². The number of hydrogen-bond acceptors (Lipinski definition) is 3. The molecule has 0 fully saturated rings. The van der Waals surface area contributed by atoms with Crippen LogP contribution in [0.15, 0.2) is 30.3 Å². The first kappa shape index (κ1) is 17.1. The summed E-state index contributed by atoms with van der Waals surface area (Å²) in [6, 6.07) is 9.92. The standard InChI is InChI=1S/C16H26N2OS/c1-3-20-12-11-13(2)18-16(19)15(17)10-9-14-7-5-4-6-8-14/h4-8,13,15H,3,9-12,17H2,1-2H3,(H,18,19)/t13?,15-/m0/s1. The fourth-order valence-electron chi connectivity index (χ4n) is 1.92. The van der Waals surface area contributed by atoms with E-state index in [1.165, 1.54) is 5.56 Å². The molecule has 0 heterocycles. The Morgan fingerprint density at radius 3 is 2.65 bits per heavy atom. The van der Waals surface area contributed by atoms with Gasteiger partial charge in [0.25, 0.3) is 0 Å². The average molecular weight is 294 g/mol. The largest absolute Gasteiger partial charge is 0.352 e. The summed E-state index contributed by atoms with van der Waals surface area (Å²) in [4.78, 5) is 12.0. The van der Waals surface area contributed by atoms with Gasteiger partial charge in [-0.15, -0.1) is 0 Å². The van der Waals surface area contributed by atoms with Gasteiger partial charge in [0.1, 0.15) is 0 Å². The highest BCUT2D eigenvalue weighted by atomic mass is 32.2. The molecule has 0 saturated heterocycles. The van der Waals surface area contributed by atoms with E-state index >= 15 is 0 Å². The second kappa shape index (κ2) is 9.83. The quantitative estimate of drug-likeness (QED) is 0.688. The van der Waals surface area contributed by atoms with E-state index in [0.717, 1.165) is 24.3 Å². The molecule has 0 saturated carbocycles. The smallest absolute Gasteiger partial charge is 0.237 e. The van der Waals surface area contributed by atoms with Crippen molar-refractivity contribution in [2.75, 3.05) is 11.5 Å². The molecule has 4 heteroatoms. The molecular weight excluding hydrogens is 268 g/mol. The molecule has 2 atom stereocenters. The monoisotopic (exact) mass is 294 g/mol. The summed E-state index contributed by atoms with van der Waals surface area (Å²) in [6.45, 7) is 4.19. The van der Waals surface area contributed by atoms with Gasteiger partial charge in [-0.1, -0.05) is 37.3 Å². The Kier molecular flexibility index (Phi) is 8.38. The highest BCUT2D eigenvalue weighted by Crippen LogP contribution is 2.06. The Morgan fingerprint density at radius 2 is 2.00 bits per heavy atom. The van der Waals surface area contributed by atoms with Gasteiger partial charge in [0.15, 0.2) is 0 Å². The first-order valence-corrected chi connectivity index (χ1v) is 8.46. The topological polar surface area (TPSA) is 55.1 Å². The molecule has 1 unspecified atom stereocenters. The van der Waals surface area contributed by atoms with Crippen LogP contribution in [0.3, 0.4) is 0 Å². The number of aryl methyl sites for hydroxylation is 1. The normalized spacial score (nSPS) is 13.8. The highest BCUT2D eigenvalue weighted by Gasteiger charge is 2.15. The van der Waals surface area contributed by atoms with Crippen molar-refractivity contribution in [3.8, 4) is 0 Å². The summed E-state index contributed by atoms with van der Waals surface area (Å²) in [5.74, 6) is 2.17. The van der Waals surface area contributed by atoms with E-state index in [2.05, 4.69) is 24.4 Å². The number of carbonyl (C=O) groups is 1. The number of carbonyl (C=O) groups excluding carboxylic acids is 1. The van der Waals surface area contributed by atoms with Gasteiger partial charge in [0.2, 0.25) is 5.91 Å². The summed E-state index contributed by atoms with van der Waals surface area (Å²) < 4.78 is 0. The molecule has 0 aliphatic heterocycles. The number of amides is 1. The minimum absolute atomic E-state index is 0.0325. The van der Waals surface area contributed by atoms with E-state index in [1.54, 1.807) is 0 Å². The zero-order valence-corrected chi connectivity index (χ0v) is 13.3. The maximum Gasteiger partial charge on any atom is 0.237 e. The second-order valence-corrected chi connectivity index (χ2v) is 6.42. The molecule has 3 N–H and O–H groups in total. The van der Waals surface area contributed by atoms with Gasteiger partial charge in [-0.25, -0.2) is 0 Å². The van der Waals surface area contributed by atoms with Gasteiger partial charge in [0.05, 0.1) is 6.04 Å². The van der Waals surface area contributed by atoms with Gasteiger partial charge in [0, 0.05) is 6.04 Å². The number of nitrogens with one attached hydrogen (secondary N) is 1.